The molecule has 0 saturated carbocycles. The SMILES string of the molecule is Cc1ccoc1CC(=O)N1CCC(NC(=O)c2cn3c(C)cccc3n2)CC1C. The molecule has 29 heavy (non-hydrogen) atoms. The van der Waals surface area contributed by atoms with E-state index < -0.39 is 0 Å². The van der Waals surface area contributed by atoms with Crippen LogP contribution in [0.3, 0.4) is 0 Å². The highest BCUT2D eigenvalue weighted by atomic mass is 16.3. The standard InChI is InChI=1S/C22H26N4O3/c1-14-8-10-29-19(14)12-21(27)25-9-7-17(11-16(25)3)23-22(28)18-13-26-15(2)5-4-6-20(26)24-18/h4-6,8,10,13,16-17H,7,9,11-12H2,1-3H3,(H,23,28). The van der Waals surface area contributed by atoms with Gasteiger partial charge in [0.25, 0.3) is 5.91 Å². The summed E-state index contributed by atoms with van der Waals surface area (Å²) in [5.41, 5.74) is 3.20. The largest absolute Gasteiger partial charge is 0.469 e. The minimum absolute atomic E-state index is 0.0257. The minimum Gasteiger partial charge on any atom is -0.469 e. The van der Waals surface area contributed by atoms with Gasteiger partial charge in [-0.15, -0.1) is 0 Å². The number of piperidine rings is 1. The van der Waals surface area contributed by atoms with Gasteiger partial charge in [0, 0.05) is 30.5 Å². The van der Waals surface area contributed by atoms with Gasteiger partial charge in [-0.2, -0.15) is 0 Å². The quantitative estimate of drug-likeness (QED) is 0.738. The van der Waals surface area contributed by atoms with E-state index in [2.05, 4.69) is 10.3 Å². The van der Waals surface area contributed by atoms with Crippen LogP contribution in [0.4, 0.5) is 0 Å². The van der Waals surface area contributed by atoms with Crippen LogP contribution in [0, 0.1) is 13.8 Å². The average Bonchev–Trinajstić information content (AvgIpc) is 3.29. The second-order valence-corrected chi connectivity index (χ2v) is 7.86. The normalized spacial score (nSPS) is 19.5. The van der Waals surface area contributed by atoms with Gasteiger partial charge in [0.1, 0.15) is 17.1 Å². The molecule has 0 aliphatic carbocycles. The molecule has 0 aromatic carbocycles. The van der Waals surface area contributed by atoms with Gasteiger partial charge in [0.15, 0.2) is 0 Å². The Hall–Kier alpha value is -3.09. The number of hydrogen-bond donors (Lipinski definition) is 1. The first-order valence-corrected chi connectivity index (χ1v) is 10.0. The minimum atomic E-state index is -0.170. The number of furan rings is 1. The number of likely N-dealkylation sites (tertiary alicyclic amines) is 1. The molecule has 152 valence electrons. The zero-order valence-corrected chi connectivity index (χ0v) is 17.0. The second-order valence-electron chi connectivity index (χ2n) is 7.86. The Labute approximate surface area is 169 Å². The summed E-state index contributed by atoms with van der Waals surface area (Å²) >= 11 is 0. The molecule has 1 aliphatic heterocycles. The Morgan fingerprint density at radius 1 is 1.28 bits per heavy atom. The van der Waals surface area contributed by atoms with Crippen molar-refractivity contribution in [1.82, 2.24) is 19.6 Å². The number of carbonyl (C=O) groups is 2. The van der Waals surface area contributed by atoms with Crippen LogP contribution < -0.4 is 5.32 Å². The maximum atomic E-state index is 12.7. The fraction of sp³-hybridized carbons (Fsp3) is 0.409. The molecule has 0 spiro atoms. The summed E-state index contributed by atoms with van der Waals surface area (Å²) in [5, 5.41) is 3.09. The Morgan fingerprint density at radius 3 is 2.79 bits per heavy atom. The van der Waals surface area contributed by atoms with Crippen molar-refractivity contribution in [1.29, 1.82) is 0 Å². The number of fused-ring (bicyclic) bond motifs is 1. The summed E-state index contributed by atoms with van der Waals surface area (Å²) in [6, 6.07) is 7.75. The predicted molar refractivity (Wildman–Crippen MR) is 109 cm³/mol. The monoisotopic (exact) mass is 394 g/mol. The van der Waals surface area contributed by atoms with Crippen LogP contribution in [0.25, 0.3) is 5.65 Å². The van der Waals surface area contributed by atoms with E-state index in [9.17, 15) is 9.59 Å². The van der Waals surface area contributed by atoms with E-state index in [0.29, 0.717) is 12.2 Å². The number of aromatic nitrogens is 2. The molecular weight excluding hydrogens is 368 g/mol. The molecule has 4 heterocycles. The number of pyridine rings is 1. The smallest absolute Gasteiger partial charge is 0.271 e. The highest BCUT2D eigenvalue weighted by Crippen LogP contribution is 2.20. The molecule has 1 fully saturated rings. The lowest BCUT2D eigenvalue weighted by Gasteiger charge is -2.38. The zero-order valence-electron chi connectivity index (χ0n) is 17.0. The van der Waals surface area contributed by atoms with E-state index in [1.807, 2.05) is 54.3 Å². The molecule has 1 aliphatic rings. The molecule has 3 aromatic heterocycles. The number of rotatable bonds is 4. The van der Waals surface area contributed by atoms with Crippen molar-refractivity contribution >= 4 is 17.5 Å². The van der Waals surface area contributed by atoms with Gasteiger partial charge in [0.2, 0.25) is 5.91 Å². The molecule has 2 amide bonds. The molecule has 2 atom stereocenters. The Balaban J connectivity index is 1.36. The summed E-state index contributed by atoms with van der Waals surface area (Å²) in [5.74, 6) is 0.618. The van der Waals surface area contributed by atoms with Gasteiger partial charge in [-0.25, -0.2) is 4.98 Å². The zero-order chi connectivity index (χ0) is 20.5. The fourth-order valence-corrected chi connectivity index (χ4v) is 4.01. The van der Waals surface area contributed by atoms with Crippen molar-refractivity contribution in [2.75, 3.05) is 6.54 Å². The third-order valence-corrected chi connectivity index (χ3v) is 5.74. The van der Waals surface area contributed by atoms with Crippen molar-refractivity contribution < 1.29 is 14.0 Å². The number of aryl methyl sites for hydroxylation is 2. The van der Waals surface area contributed by atoms with Crippen LogP contribution in [0.5, 0.6) is 0 Å². The number of nitrogens with zero attached hydrogens (tertiary/aromatic N) is 3. The lowest BCUT2D eigenvalue weighted by molar-refractivity contribution is -0.134. The van der Waals surface area contributed by atoms with Gasteiger partial charge < -0.3 is 19.0 Å². The molecule has 1 N–H and O–H groups in total. The highest BCUT2D eigenvalue weighted by molar-refractivity contribution is 5.93. The maximum Gasteiger partial charge on any atom is 0.271 e. The number of amides is 2. The predicted octanol–water partition coefficient (Wildman–Crippen LogP) is 2.90. The third kappa shape index (κ3) is 3.90. The van der Waals surface area contributed by atoms with Crippen molar-refractivity contribution in [3.63, 3.8) is 0 Å². The van der Waals surface area contributed by atoms with Crippen molar-refractivity contribution in [3.05, 3.63) is 59.4 Å². The number of hydrogen-bond acceptors (Lipinski definition) is 4. The molecule has 7 heteroatoms. The van der Waals surface area contributed by atoms with Gasteiger partial charge in [0.05, 0.1) is 12.7 Å². The van der Waals surface area contributed by atoms with E-state index in [1.165, 1.54) is 0 Å². The third-order valence-electron chi connectivity index (χ3n) is 5.74. The van der Waals surface area contributed by atoms with Crippen LogP contribution in [-0.2, 0) is 11.2 Å². The van der Waals surface area contributed by atoms with Gasteiger partial charge in [-0.3, -0.25) is 9.59 Å². The molecule has 7 nitrogen and oxygen atoms in total. The lowest BCUT2D eigenvalue weighted by atomic mass is 9.97. The van der Waals surface area contributed by atoms with E-state index in [4.69, 9.17) is 4.42 Å². The lowest BCUT2D eigenvalue weighted by Crippen LogP contribution is -2.51. The number of nitrogens with one attached hydrogen (secondary N) is 1. The Morgan fingerprint density at radius 2 is 2.10 bits per heavy atom. The fourth-order valence-electron chi connectivity index (χ4n) is 4.01. The van der Waals surface area contributed by atoms with E-state index in [1.54, 1.807) is 12.5 Å². The molecular formula is C22H26N4O3. The molecule has 0 bridgehead atoms. The van der Waals surface area contributed by atoms with Gasteiger partial charge >= 0.3 is 0 Å². The molecule has 3 aromatic rings. The van der Waals surface area contributed by atoms with Gasteiger partial charge in [-0.05, 0) is 57.4 Å². The number of carbonyl (C=O) groups excluding carboxylic acids is 2. The number of imidazole rings is 1. The van der Waals surface area contributed by atoms with E-state index >= 15 is 0 Å². The molecule has 1 saturated heterocycles. The van der Waals surface area contributed by atoms with Crippen molar-refractivity contribution in [2.24, 2.45) is 0 Å². The second kappa shape index (κ2) is 7.73. The Bertz CT molecular complexity index is 1050. The summed E-state index contributed by atoms with van der Waals surface area (Å²) in [6.07, 6.45) is 5.12. The summed E-state index contributed by atoms with van der Waals surface area (Å²) in [4.78, 5) is 31.7. The van der Waals surface area contributed by atoms with Crippen molar-refractivity contribution in [2.45, 2.75) is 52.1 Å². The summed E-state index contributed by atoms with van der Waals surface area (Å²) in [6.45, 7) is 6.57. The van der Waals surface area contributed by atoms with Crippen LogP contribution in [0.2, 0.25) is 0 Å². The average molecular weight is 394 g/mol. The summed E-state index contributed by atoms with van der Waals surface area (Å²) < 4.78 is 7.32. The first kappa shape index (κ1) is 19.2. The molecule has 0 radical (unpaired) electrons. The molecule has 2 unspecified atom stereocenters. The maximum absolute atomic E-state index is 12.7. The first-order chi connectivity index (χ1) is 13.9. The van der Waals surface area contributed by atoms with Crippen LogP contribution >= 0.6 is 0 Å². The highest BCUT2D eigenvalue weighted by Gasteiger charge is 2.30. The molecule has 4 rings (SSSR count). The summed E-state index contributed by atoms with van der Waals surface area (Å²) in [7, 11) is 0. The first-order valence-electron chi connectivity index (χ1n) is 10.0. The van der Waals surface area contributed by atoms with Crippen LogP contribution in [-0.4, -0.2) is 44.7 Å². The van der Waals surface area contributed by atoms with Crippen LogP contribution in [0.15, 0.2) is 41.1 Å². The Kier molecular flexibility index (Phi) is 5.13. The van der Waals surface area contributed by atoms with Crippen LogP contribution in [0.1, 0.15) is 47.3 Å². The topological polar surface area (TPSA) is 79.9 Å². The van der Waals surface area contributed by atoms with E-state index in [-0.39, 0.29) is 30.3 Å². The van der Waals surface area contributed by atoms with Crippen molar-refractivity contribution in [3.8, 4) is 0 Å². The van der Waals surface area contributed by atoms with E-state index in [0.717, 1.165) is 35.5 Å². The van der Waals surface area contributed by atoms with Gasteiger partial charge in [-0.1, -0.05) is 6.07 Å².